The lowest BCUT2D eigenvalue weighted by Crippen LogP contribution is -2.28. The zero-order chi connectivity index (χ0) is 21.4. The van der Waals surface area contributed by atoms with Crippen molar-refractivity contribution in [3.05, 3.63) is 71.9 Å². The van der Waals surface area contributed by atoms with Crippen LogP contribution in [0.15, 0.2) is 60.1 Å². The molecule has 0 aliphatic carbocycles. The Hall–Kier alpha value is -3.91. The van der Waals surface area contributed by atoms with E-state index in [1.165, 1.54) is 0 Å². The first-order valence-electron chi connectivity index (χ1n) is 10.0. The number of hydrogen-bond donors (Lipinski definition) is 3. The summed E-state index contributed by atoms with van der Waals surface area (Å²) in [5.41, 5.74) is 10.1. The van der Waals surface area contributed by atoms with Crippen LogP contribution in [0.3, 0.4) is 0 Å². The van der Waals surface area contributed by atoms with Crippen molar-refractivity contribution in [2.24, 2.45) is 4.99 Å². The third-order valence-electron chi connectivity index (χ3n) is 5.62. The van der Waals surface area contributed by atoms with Crippen molar-refractivity contribution >= 4 is 28.8 Å². The smallest absolute Gasteiger partial charge is 0.220 e. The molecule has 0 spiro atoms. The van der Waals surface area contributed by atoms with E-state index in [1.807, 2.05) is 25.5 Å². The summed E-state index contributed by atoms with van der Waals surface area (Å²) in [5, 5.41) is 12.4. The standard InChI is InChI=1S/C23H21N7O/c1-2-23(31,16-4-7-25-8-5-16)20-10-19(29-22(24)30-20)18-13-28-21-17(18)9-15(12-27-21)14-3-6-26-11-14/h3-5,7-13,31H,2,6H2,1H3,(H,27,28)(H2,24,29,30)/t23-/m0/s1. The van der Waals surface area contributed by atoms with Gasteiger partial charge in [-0.25, -0.2) is 15.0 Å². The van der Waals surface area contributed by atoms with E-state index in [0.29, 0.717) is 29.9 Å². The molecule has 0 radical (unpaired) electrons. The summed E-state index contributed by atoms with van der Waals surface area (Å²) in [6, 6.07) is 7.40. The Balaban J connectivity index is 1.65. The summed E-state index contributed by atoms with van der Waals surface area (Å²) < 4.78 is 0. The predicted molar refractivity (Wildman–Crippen MR) is 120 cm³/mol. The van der Waals surface area contributed by atoms with Gasteiger partial charge in [-0.2, -0.15) is 0 Å². The van der Waals surface area contributed by atoms with Gasteiger partial charge in [-0.3, -0.25) is 9.98 Å². The van der Waals surface area contributed by atoms with Crippen molar-refractivity contribution in [1.82, 2.24) is 24.9 Å². The SMILES string of the molecule is CC[C@](O)(c1ccncc1)c1cc(-c2c[nH]c3ncc(C4=CCN=C4)cc23)nc(N)n1. The molecule has 8 heteroatoms. The first-order valence-corrected chi connectivity index (χ1v) is 10.0. The molecule has 0 fully saturated rings. The van der Waals surface area contributed by atoms with Crippen molar-refractivity contribution in [2.75, 3.05) is 12.3 Å². The van der Waals surface area contributed by atoms with Gasteiger partial charge in [0.05, 0.1) is 17.9 Å². The number of aromatic nitrogens is 5. The number of pyridine rings is 2. The Bertz CT molecular complexity index is 1330. The number of aromatic amines is 1. The van der Waals surface area contributed by atoms with E-state index in [0.717, 1.165) is 27.7 Å². The fraction of sp³-hybridized carbons (Fsp3) is 0.174. The van der Waals surface area contributed by atoms with Crippen LogP contribution in [0.1, 0.15) is 30.2 Å². The highest BCUT2D eigenvalue weighted by Gasteiger charge is 2.32. The molecule has 1 aliphatic rings. The first-order chi connectivity index (χ1) is 15.1. The summed E-state index contributed by atoms with van der Waals surface area (Å²) in [5.74, 6) is 0.0949. The van der Waals surface area contributed by atoms with Gasteiger partial charge in [-0.05, 0) is 41.8 Å². The minimum atomic E-state index is -1.31. The molecule has 0 bridgehead atoms. The Morgan fingerprint density at radius 2 is 2.03 bits per heavy atom. The van der Waals surface area contributed by atoms with E-state index in [4.69, 9.17) is 5.73 Å². The Morgan fingerprint density at radius 3 is 2.77 bits per heavy atom. The van der Waals surface area contributed by atoms with Crippen LogP contribution in [0.4, 0.5) is 5.95 Å². The second kappa shape index (κ2) is 7.41. The van der Waals surface area contributed by atoms with Gasteiger partial charge in [-0.15, -0.1) is 0 Å². The van der Waals surface area contributed by atoms with Gasteiger partial charge >= 0.3 is 0 Å². The number of fused-ring (bicyclic) bond motifs is 1. The van der Waals surface area contributed by atoms with E-state index < -0.39 is 5.60 Å². The average molecular weight is 411 g/mol. The molecule has 8 nitrogen and oxygen atoms in total. The van der Waals surface area contributed by atoms with Crippen LogP contribution in [0.25, 0.3) is 27.9 Å². The van der Waals surface area contributed by atoms with Gasteiger partial charge in [0.15, 0.2) is 0 Å². The van der Waals surface area contributed by atoms with E-state index in [2.05, 4.69) is 42.1 Å². The molecule has 5 heterocycles. The maximum Gasteiger partial charge on any atom is 0.220 e. The molecule has 0 aromatic carbocycles. The molecule has 5 rings (SSSR count). The molecule has 4 aromatic rings. The van der Waals surface area contributed by atoms with Crippen LogP contribution in [0.2, 0.25) is 0 Å². The van der Waals surface area contributed by atoms with Crippen LogP contribution in [0.5, 0.6) is 0 Å². The van der Waals surface area contributed by atoms with Crippen LogP contribution < -0.4 is 5.73 Å². The number of nitrogens with two attached hydrogens (primary N) is 1. The fourth-order valence-corrected chi connectivity index (χ4v) is 3.90. The third kappa shape index (κ3) is 3.27. The lowest BCUT2D eigenvalue weighted by molar-refractivity contribution is 0.0719. The summed E-state index contributed by atoms with van der Waals surface area (Å²) >= 11 is 0. The molecule has 0 saturated carbocycles. The Morgan fingerprint density at radius 1 is 1.19 bits per heavy atom. The van der Waals surface area contributed by atoms with Gasteiger partial charge in [0.2, 0.25) is 5.95 Å². The molecule has 1 aliphatic heterocycles. The van der Waals surface area contributed by atoms with Crippen molar-refractivity contribution < 1.29 is 5.11 Å². The number of nitrogens with zero attached hydrogens (tertiary/aromatic N) is 5. The molecule has 0 unspecified atom stereocenters. The van der Waals surface area contributed by atoms with E-state index in [-0.39, 0.29) is 5.95 Å². The lowest BCUT2D eigenvalue weighted by atomic mass is 9.87. The number of nitrogen functional groups attached to an aromatic ring is 1. The molecular formula is C23H21N7O. The van der Waals surface area contributed by atoms with Gasteiger partial charge in [0, 0.05) is 47.5 Å². The van der Waals surface area contributed by atoms with Crippen LogP contribution >= 0.6 is 0 Å². The number of anilines is 1. The highest BCUT2D eigenvalue weighted by molar-refractivity contribution is 6.12. The van der Waals surface area contributed by atoms with E-state index in [1.54, 1.807) is 30.6 Å². The maximum atomic E-state index is 11.5. The molecule has 4 N–H and O–H groups in total. The van der Waals surface area contributed by atoms with Crippen molar-refractivity contribution in [2.45, 2.75) is 18.9 Å². The number of aliphatic hydroxyl groups is 1. The monoisotopic (exact) mass is 411 g/mol. The molecule has 0 saturated heterocycles. The quantitative estimate of drug-likeness (QED) is 0.463. The number of H-pyrrole nitrogens is 1. The first kappa shape index (κ1) is 19.1. The van der Waals surface area contributed by atoms with Crippen LogP contribution in [0, 0.1) is 0 Å². The van der Waals surface area contributed by atoms with Crippen molar-refractivity contribution in [3.8, 4) is 11.3 Å². The summed E-state index contributed by atoms with van der Waals surface area (Å²) in [4.78, 5) is 24.8. The number of hydrogen-bond acceptors (Lipinski definition) is 7. The predicted octanol–water partition coefficient (Wildman–Crippen LogP) is 3.11. The normalized spacial score (nSPS) is 15.2. The highest BCUT2D eigenvalue weighted by Crippen LogP contribution is 2.35. The number of aliphatic imine (C=N–C) groups is 1. The van der Waals surface area contributed by atoms with E-state index >= 15 is 0 Å². The Kier molecular flexibility index (Phi) is 4.56. The molecule has 0 amide bonds. The maximum absolute atomic E-state index is 11.5. The summed E-state index contributed by atoms with van der Waals surface area (Å²) in [6.45, 7) is 2.58. The largest absolute Gasteiger partial charge is 0.379 e. The van der Waals surface area contributed by atoms with Crippen LogP contribution in [-0.4, -0.2) is 42.8 Å². The number of nitrogens with one attached hydrogen (secondary N) is 1. The second-order valence-electron chi connectivity index (χ2n) is 7.42. The van der Waals surface area contributed by atoms with Gasteiger partial charge in [-0.1, -0.05) is 13.0 Å². The van der Waals surface area contributed by atoms with Crippen molar-refractivity contribution in [1.29, 1.82) is 0 Å². The van der Waals surface area contributed by atoms with Gasteiger partial charge in [0.25, 0.3) is 0 Å². The number of allylic oxidation sites excluding steroid dienone is 1. The topological polar surface area (TPSA) is 126 Å². The van der Waals surface area contributed by atoms with Crippen LogP contribution in [-0.2, 0) is 5.60 Å². The zero-order valence-corrected chi connectivity index (χ0v) is 16.9. The molecule has 154 valence electrons. The van der Waals surface area contributed by atoms with Crippen molar-refractivity contribution in [3.63, 3.8) is 0 Å². The number of rotatable bonds is 5. The van der Waals surface area contributed by atoms with E-state index in [9.17, 15) is 5.11 Å². The second-order valence-corrected chi connectivity index (χ2v) is 7.42. The third-order valence-corrected chi connectivity index (χ3v) is 5.62. The molecule has 31 heavy (non-hydrogen) atoms. The summed E-state index contributed by atoms with van der Waals surface area (Å²) in [7, 11) is 0. The average Bonchev–Trinajstić information content (AvgIpc) is 3.48. The molecular weight excluding hydrogens is 390 g/mol. The molecule has 1 atom stereocenters. The summed E-state index contributed by atoms with van der Waals surface area (Å²) in [6.07, 6.45) is 11.3. The fourth-order valence-electron chi connectivity index (χ4n) is 3.90. The zero-order valence-electron chi connectivity index (χ0n) is 16.9. The lowest BCUT2D eigenvalue weighted by Gasteiger charge is -2.27. The molecule has 4 aromatic heterocycles. The van der Waals surface area contributed by atoms with Gasteiger partial charge < -0.3 is 15.8 Å². The minimum absolute atomic E-state index is 0.0949. The highest BCUT2D eigenvalue weighted by atomic mass is 16.3. The van der Waals surface area contributed by atoms with Gasteiger partial charge in [0.1, 0.15) is 11.2 Å². The minimum Gasteiger partial charge on any atom is -0.379 e. The Labute approximate surface area is 178 Å².